The van der Waals surface area contributed by atoms with Crippen LogP contribution >= 0.6 is 0 Å². The molecule has 18 heavy (non-hydrogen) atoms. The fraction of sp³-hybridized carbons (Fsp3) is 0.857. The van der Waals surface area contributed by atoms with Gasteiger partial charge in [0, 0.05) is 19.5 Å². The number of amides is 2. The maximum Gasteiger partial charge on any atom is 0.244 e. The number of nitrogens with zero attached hydrogens (tertiary/aromatic N) is 1. The van der Waals surface area contributed by atoms with Crippen LogP contribution in [0.4, 0.5) is 0 Å². The predicted molar refractivity (Wildman–Crippen MR) is 72.1 cm³/mol. The first-order chi connectivity index (χ1) is 8.29. The van der Waals surface area contributed by atoms with Crippen molar-refractivity contribution in [2.75, 3.05) is 13.1 Å². The lowest BCUT2D eigenvalue weighted by Crippen LogP contribution is -2.48. The summed E-state index contributed by atoms with van der Waals surface area (Å²) in [5.41, 5.74) is -0.0437. The number of nitrogens with one attached hydrogen (secondary N) is 1. The summed E-state index contributed by atoms with van der Waals surface area (Å²) in [5, 5.41) is 2.80. The zero-order valence-electron chi connectivity index (χ0n) is 12.1. The van der Waals surface area contributed by atoms with E-state index in [4.69, 9.17) is 0 Å². The second kappa shape index (κ2) is 6.21. The first kappa shape index (κ1) is 15.0. The lowest BCUT2D eigenvalue weighted by molar-refractivity contribution is -0.137. The van der Waals surface area contributed by atoms with E-state index in [-0.39, 0.29) is 17.2 Å². The van der Waals surface area contributed by atoms with Gasteiger partial charge in [-0.1, -0.05) is 20.8 Å². The normalized spacial score (nSPS) is 18.3. The molecule has 1 atom stereocenters. The first-order valence-corrected chi connectivity index (χ1v) is 6.88. The van der Waals surface area contributed by atoms with Crippen LogP contribution in [0.15, 0.2) is 0 Å². The smallest absolute Gasteiger partial charge is 0.244 e. The summed E-state index contributed by atoms with van der Waals surface area (Å²) in [6.45, 7) is 9.49. The summed E-state index contributed by atoms with van der Waals surface area (Å²) in [6, 6.07) is -0.405. The van der Waals surface area contributed by atoms with E-state index in [1.54, 1.807) is 6.92 Å². The van der Waals surface area contributed by atoms with Crippen molar-refractivity contribution in [3.8, 4) is 0 Å². The van der Waals surface area contributed by atoms with Gasteiger partial charge in [0.25, 0.3) is 0 Å². The first-order valence-electron chi connectivity index (χ1n) is 6.88. The molecule has 1 aliphatic rings. The van der Waals surface area contributed by atoms with Gasteiger partial charge in [-0.25, -0.2) is 0 Å². The molecule has 2 amide bonds. The Labute approximate surface area is 110 Å². The molecule has 1 fully saturated rings. The Morgan fingerprint density at radius 2 is 1.72 bits per heavy atom. The Morgan fingerprint density at radius 1 is 1.17 bits per heavy atom. The van der Waals surface area contributed by atoms with Gasteiger partial charge in [0.1, 0.15) is 6.04 Å². The van der Waals surface area contributed by atoms with Crippen molar-refractivity contribution in [3.05, 3.63) is 0 Å². The van der Waals surface area contributed by atoms with Crippen molar-refractivity contribution >= 4 is 11.8 Å². The van der Waals surface area contributed by atoms with Crippen molar-refractivity contribution in [2.45, 2.75) is 59.4 Å². The fourth-order valence-electron chi connectivity index (χ4n) is 2.22. The van der Waals surface area contributed by atoms with Crippen LogP contribution in [0.3, 0.4) is 0 Å². The molecule has 0 saturated carbocycles. The average Bonchev–Trinajstić information content (AvgIpc) is 2.26. The molecule has 1 unspecified atom stereocenters. The summed E-state index contributed by atoms with van der Waals surface area (Å²) in [5.74, 6) is 0.0114. The summed E-state index contributed by atoms with van der Waals surface area (Å²) in [6.07, 6.45) is 3.81. The molecule has 104 valence electrons. The number of piperidine rings is 1. The van der Waals surface area contributed by atoms with Crippen LogP contribution in [0.1, 0.15) is 53.4 Å². The highest BCUT2D eigenvalue weighted by molar-refractivity contribution is 5.87. The van der Waals surface area contributed by atoms with Gasteiger partial charge in [0.05, 0.1) is 0 Å². The second-order valence-electron chi connectivity index (χ2n) is 6.41. The van der Waals surface area contributed by atoms with Crippen LogP contribution < -0.4 is 5.32 Å². The second-order valence-corrected chi connectivity index (χ2v) is 6.41. The van der Waals surface area contributed by atoms with E-state index < -0.39 is 6.04 Å². The van der Waals surface area contributed by atoms with Gasteiger partial charge in [0.15, 0.2) is 0 Å². The molecule has 4 nitrogen and oxygen atoms in total. The Hall–Kier alpha value is -1.06. The quantitative estimate of drug-likeness (QED) is 0.836. The van der Waals surface area contributed by atoms with Crippen molar-refractivity contribution < 1.29 is 9.59 Å². The van der Waals surface area contributed by atoms with Crippen LogP contribution in [-0.4, -0.2) is 35.8 Å². The predicted octanol–water partition coefficient (Wildman–Crippen LogP) is 1.94. The summed E-state index contributed by atoms with van der Waals surface area (Å²) in [4.78, 5) is 25.8. The number of hydrogen-bond acceptors (Lipinski definition) is 2. The van der Waals surface area contributed by atoms with E-state index in [1.807, 2.05) is 25.7 Å². The third-order valence-electron chi connectivity index (χ3n) is 3.11. The number of hydrogen-bond donors (Lipinski definition) is 1. The summed E-state index contributed by atoms with van der Waals surface area (Å²) < 4.78 is 0. The van der Waals surface area contributed by atoms with E-state index in [2.05, 4.69) is 5.32 Å². The molecule has 1 heterocycles. The van der Waals surface area contributed by atoms with Crippen LogP contribution in [-0.2, 0) is 9.59 Å². The molecule has 0 aromatic heterocycles. The van der Waals surface area contributed by atoms with Crippen LogP contribution in [0.2, 0.25) is 0 Å². The van der Waals surface area contributed by atoms with Crippen LogP contribution in [0, 0.1) is 5.41 Å². The van der Waals surface area contributed by atoms with Crippen molar-refractivity contribution in [3.63, 3.8) is 0 Å². The van der Waals surface area contributed by atoms with Crippen molar-refractivity contribution in [1.29, 1.82) is 0 Å². The molecule has 0 aliphatic carbocycles. The minimum atomic E-state index is -0.405. The van der Waals surface area contributed by atoms with Crippen molar-refractivity contribution in [2.24, 2.45) is 5.41 Å². The third-order valence-corrected chi connectivity index (χ3v) is 3.11. The van der Waals surface area contributed by atoms with E-state index in [0.717, 1.165) is 25.9 Å². The third kappa shape index (κ3) is 5.07. The molecule has 4 heteroatoms. The van der Waals surface area contributed by atoms with Gasteiger partial charge < -0.3 is 10.2 Å². The zero-order valence-corrected chi connectivity index (χ0v) is 12.1. The summed E-state index contributed by atoms with van der Waals surface area (Å²) in [7, 11) is 0. The Bertz CT molecular complexity index is 301. The highest BCUT2D eigenvalue weighted by atomic mass is 16.2. The fourth-order valence-corrected chi connectivity index (χ4v) is 2.22. The molecule has 0 aromatic carbocycles. The monoisotopic (exact) mass is 254 g/mol. The average molecular weight is 254 g/mol. The molecular weight excluding hydrogens is 228 g/mol. The van der Waals surface area contributed by atoms with Crippen molar-refractivity contribution in [1.82, 2.24) is 10.2 Å². The number of carbonyl (C=O) groups excluding carboxylic acids is 2. The molecule has 1 aliphatic heterocycles. The Morgan fingerprint density at radius 3 is 2.22 bits per heavy atom. The Balaban J connectivity index is 2.41. The minimum absolute atomic E-state index is 0.0413. The van der Waals surface area contributed by atoms with Gasteiger partial charge in [-0.3, -0.25) is 9.59 Å². The van der Waals surface area contributed by atoms with Crippen LogP contribution in [0.25, 0.3) is 0 Å². The lowest BCUT2D eigenvalue weighted by Gasteiger charge is -2.29. The standard InChI is InChI=1S/C14H26N2O2/c1-11(15-12(17)10-14(2,3)4)13(18)16-8-6-5-7-9-16/h11H,5-10H2,1-4H3,(H,15,17). The number of carbonyl (C=O) groups is 2. The van der Waals surface area contributed by atoms with E-state index in [9.17, 15) is 9.59 Å². The van der Waals surface area contributed by atoms with Gasteiger partial charge >= 0.3 is 0 Å². The van der Waals surface area contributed by atoms with Gasteiger partial charge in [0.2, 0.25) is 11.8 Å². The molecule has 0 aromatic rings. The number of rotatable bonds is 3. The minimum Gasteiger partial charge on any atom is -0.345 e. The highest BCUT2D eigenvalue weighted by Crippen LogP contribution is 2.18. The van der Waals surface area contributed by atoms with E-state index >= 15 is 0 Å². The molecule has 1 N–H and O–H groups in total. The van der Waals surface area contributed by atoms with E-state index in [0.29, 0.717) is 6.42 Å². The maximum absolute atomic E-state index is 12.1. The van der Waals surface area contributed by atoms with E-state index in [1.165, 1.54) is 6.42 Å². The largest absolute Gasteiger partial charge is 0.345 e. The van der Waals surface area contributed by atoms with Gasteiger partial charge in [-0.15, -0.1) is 0 Å². The zero-order chi connectivity index (χ0) is 13.8. The van der Waals surface area contributed by atoms with Gasteiger partial charge in [-0.05, 0) is 31.6 Å². The van der Waals surface area contributed by atoms with Gasteiger partial charge in [-0.2, -0.15) is 0 Å². The molecule has 0 bridgehead atoms. The molecular formula is C14H26N2O2. The Kier molecular flexibility index (Phi) is 5.17. The summed E-state index contributed by atoms with van der Waals surface area (Å²) >= 11 is 0. The SMILES string of the molecule is CC(NC(=O)CC(C)(C)C)C(=O)N1CCCCC1. The lowest BCUT2D eigenvalue weighted by atomic mass is 9.92. The molecule has 0 radical (unpaired) electrons. The van der Waals surface area contributed by atoms with Crippen LogP contribution in [0.5, 0.6) is 0 Å². The molecule has 0 spiro atoms. The number of likely N-dealkylation sites (tertiary alicyclic amines) is 1. The maximum atomic E-state index is 12.1. The molecule has 1 rings (SSSR count). The highest BCUT2D eigenvalue weighted by Gasteiger charge is 2.24. The molecule has 1 saturated heterocycles. The topological polar surface area (TPSA) is 49.4 Å².